The first kappa shape index (κ1) is 19.9. The average Bonchev–Trinajstić information content (AvgIpc) is 2.51. The van der Waals surface area contributed by atoms with Gasteiger partial charge in [0.25, 0.3) is 0 Å². The van der Waals surface area contributed by atoms with Crippen LogP contribution in [0.2, 0.25) is 0 Å². The zero-order valence-corrected chi connectivity index (χ0v) is 14.3. The van der Waals surface area contributed by atoms with E-state index in [0.717, 1.165) is 11.1 Å². The second kappa shape index (κ2) is 9.90. The molecule has 0 aromatic heterocycles. The van der Waals surface area contributed by atoms with E-state index in [2.05, 4.69) is 5.32 Å². The van der Waals surface area contributed by atoms with Crippen LogP contribution in [0.3, 0.4) is 0 Å². The van der Waals surface area contributed by atoms with Gasteiger partial charge in [-0.25, -0.2) is 4.39 Å². The Labute approximate surface area is 147 Å². The van der Waals surface area contributed by atoms with E-state index in [9.17, 15) is 9.18 Å². The molecule has 0 radical (unpaired) electrons. The van der Waals surface area contributed by atoms with Crippen molar-refractivity contribution >= 4 is 18.3 Å². The molecule has 2 rings (SSSR count). The topological polar surface area (TPSA) is 64.4 Å². The predicted molar refractivity (Wildman–Crippen MR) is 94.5 cm³/mol. The molecule has 0 saturated heterocycles. The quantitative estimate of drug-likeness (QED) is 0.804. The largest absolute Gasteiger partial charge is 0.489 e. The maximum absolute atomic E-state index is 13.1. The van der Waals surface area contributed by atoms with E-state index in [1.54, 1.807) is 13.0 Å². The Hall–Kier alpha value is -2.11. The number of nitrogens with two attached hydrogens (primary N) is 1. The molecule has 2 aromatic rings. The first-order valence-corrected chi connectivity index (χ1v) is 7.51. The van der Waals surface area contributed by atoms with Gasteiger partial charge in [-0.2, -0.15) is 0 Å². The van der Waals surface area contributed by atoms with Gasteiger partial charge in [0.2, 0.25) is 5.91 Å². The lowest BCUT2D eigenvalue weighted by atomic mass is 10.2. The number of rotatable bonds is 7. The van der Waals surface area contributed by atoms with E-state index in [1.165, 1.54) is 12.1 Å². The monoisotopic (exact) mass is 352 g/mol. The summed E-state index contributed by atoms with van der Waals surface area (Å²) in [6, 6.07) is 13.6. The van der Waals surface area contributed by atoms with E-state index in [1.807, 2.05) is 30.3 Å². The highest BCUT2D eigenvalue weighted by molar-refractivity contribution is 5.85. The smallest absolute Gasteiger partial charge is 0.221 e. The van der Waals surface area contributed by atoms with Crippen molar-refractivity contribution in [1.82, 2.24) is 5.32 Å². The molecule has 1 amide bonds. The summed E-state index contributed by atoms with van der Waals surface area (Å²) in [5, 5.41) is 2.81. The molecule has 24 heavy (non-hydrogen) atoms. The van der Waals surface area contributed by atoms with Crippen LogP contribution in [0.25, 0.3) is 0 Å². The Morgan fingerprint density at radius 2 is 1.92 bits per heavy atom. The van der Waals surface area contributed by atoms with Crippen molar-refractivity contribution in [3.63, 3.8) is 0 Å². The highest BCUT2D eigenvalue weighted by Crippen LogP contribution is 2.14. The summed E-state index contributed by atoms with van der Waals surface area (Å²) in [7, 11) is 0. The Balaban J connectivity index is 0.00000288. The summed E-state index contributed by atoms with van der Waals surface area (Å²) >= 11 is 0. The molecule has 1 atom stereocenters. The molecule has 3 N–H and O–H groups in total. The van der Waals surface area contributed by atoms with Crippen LogP contribution in [0.15, 0.2) is 48.5 Å². The maximum Gasteiger partial charge on any atom is 0.221 e. The fourth-order valence-corrected chi connectivity index (χ4v) is 2.06. The summed E-state index contributed by atoms with van der Waals surface area (Å²) in [5.74, 6) is 0.357. The minimum atomic E-state index is -0.274. The second-order valence-electron chi connectivity index (χ2n) is 5.52. The van der Waals surface area contributed by atoms with Crippen LogP contribution < -0.4 is 15.8 Å². The highest BCUT2D eigenvalue weighted by Gasteiger charge is 2.04. The third-order valence-corrected chi connectivity index (χ3v) is 3.21. The molecule has 1 unspecified atom stereocenters. The second-order valence-corrected chi connectivity index (χ2v) is 5.52. The van der Waals surface area contributed by atoms with Gasteiger partial charge in [-0.15, -0.1) is 12.4 Å². The number of nitrogens with one attached hydrogen (secondary N) is 1. The predicted octanol–water partition coefficient (Wildman–Crippen LogP) is 3.18. The van der Waals surface area contributed by atoms with Gasteiger partial charge in [-0.3, -0.25) is 4.79 Å². The van der Waals surface area contributed by atoms with Crippen LogP contribution in [0.1, 0.15) is 24.5 Å². The standard InChI is InChI=1S/C18H21FN2O2.ClH/c1-13(20)9-18(22)21-11-14-5-7-17(8-6-14)23-12-15-3-2-4-16(19)10-15;/h2-8,10,13H,9,11-12,20H2,1H3,(H,21,22);1H. The fraction of sp³-hybridized carbons (Fsp3) is 0.278. The van der Waals surface area contributed by atoms with Gasteiger partial charge in [0.15, 0.2) is 0 Å². The number of carbonyl (C=O) groups excluding carboxylic acids is 1. The van der Waals surface area contributed by atoms with Gasteiger partial charge >= 0.3 is 0 Å². The molecule has 2 aromatic carbocycles. The van der Waals surface area contributed by atoms with Crippen molar-refractivity contribution in [2.24, 2.45) is 5.73 Å². The lowest BCUT2D eigenvalue weighted by Gasteiger charge is -2.09. The highest BCUT2D eigenvalue weighted by atomic mass is 35.5. The van der Waals surface area contributed by atoms with Gasteiger partial charge in [-0.1, -0.05) is 24.3 Å². The average molecular weight is 353 g/mol. The van der Waals surface area contributed by atoms with E-state index in [4.69, 9.17) is 10.5 Å². The number of halogens is 2. The zero-order valence-electron chi connectivity index (χ0n) is 13.5. The normalized spacial score (nSPS) is 11.3. The molecule has 0 saturated carbocycles. The van der Waals surface area contributed by atoms with Crippen molar-refractivity contribution < 1.29 is 13.9 Å². The number of ether oxygens (including phenoxy) is 1. The summed E-state index contributed by atoms with van der Waals surface area (Å²) in [6.45, 7) is 2.56. The van der Waals surface area contributed by atoms with Crippen LogP contribution in [-0.4, -0.2) is 11.9 Å². The molecular formula is C18H22ClFN2O2. The first-order valence-electron chi connectivity index (χ1n) is 7.51. The third-order valence-electron chi connectivity index (χ3n) is 3.21. The van der Waals surface area contributed by atoms with Crippen LogP contribution >= 0.6 is 12.4 Å². The molecule has 0 bridgehead atoms. The van der Waals surface area contributed by atoms with Crippen LogP contribution in [0.5, 0.6) is 5.75 Å². The van der Waals surface area contributed by atoms with Crippen LogP contribution in [0, 0.1) is 5.82 Å². The van der Waals surface area contributed by atoms with Gasteiger partial charge in [0.1, 0.15) is 18.2 Å². The fourth-order valence-electron chi connectivity index (χ4n) is 2.06. The van der Waals surface area contributed by atoms with Crippen molar-refractivity contribution in [2.45, 2.75) is 32.5 Å². The number of hydrogen-bond donors (Lipinski definition) is 2. The first-order chi connectivity index (χ1) is 11.0. The molecule has 0 spiro atoms. The molecule has 4 nitrogen and oxygen atoms in total. The van der Waals surface area contributed by atoms with Crippen molar-refractivity contribution in [1.29, 1.82) is 0 Å². The third kappa shape index (κ3) is 6.98. The summed E-state index contributed by atoms with van der Waals surface area (Å²) < 4.78 is 18.7. The lowest BCUT2D eigenvalue weighted by molar-refractivity contribution is -0.121. The van der Waals surface area contributed by atoms with E-state index >= 15 is 0 Å². The van der Waals surface area contributed by atoms with Gasteiger partial charge in [0, 0.05) is 19.0 Å². The van der Waals surface area contributed by atoms with Gasteiger partial charge in [0.05, 0.1) is 0 Å². The van der Waals surface area contributed by atoms with Crippen LogP contribution in [0.4, 0.5) is 4.39 Å². The number of hydrogen-bond acceptors (Lipinski definition) is 3. The Kier molecular flexibility index (Phi) is 8.22. The molecule has 0 aliphatic rings. The molecule has 0 aliphatic heterocycles. The molecule has 6 heteroatoms. The summed E-state index contributed by atoms with van der Waals surface area (Å²) in [4.78, 5) is 11.5. The van der Waals surface area contributed by atoms with Gasteiger partial charge < -0.3 is 15.8 Å². The van der Waals surface area contributed by atoms with Gasteiger partial charge in [-0.05, 0) is 42.3 Å². The Morgan fingerprint density at radius 1 is 1.21 bits per heavy atom. The SMILES string of the molecule is CC(N)CC(=O)NCc1ccc(OCc2cccc(F)c2)cc1.Cl. The zero-order chi connectivity index (χ0) is 16.7. The molecule has 0 fully saturated rings. The Morgan fingerprint density at radius 3 is 2.54 bits per heavy atom. The number of benzene rings is 2. The van der Waals surface area contributed by atoms with Crippen LogP contribution in [-0.2, 0) is 17.9 Å². The molecular weight excluding hydrogens is 331 g/mol. The molecule has 130 valence electrons. The number of carbonyl (C=O) groups is 1. The lowest BCUT2D eigenvalue weighted by Crippen LogP contribution is -2.29. The van der Waals surface area contributed by atoms with Crippen molar-refractivity contribution in [3.8, 4) is 5.75 Å². The molecule has 0 aliphatic carbocycles. The molecule has 0 heterocycles. The van der Waals surface area contributed by atoms with E-state index in [-0.39, 0.29) is 30.2 Å². The maximum atomic E-state index is 13.1. The number of amides is 1. The van der Waals surface area contributed by atoms with Crippen molar-refractivity contribution in [2.75, 3.05) is 0 Å². The summed E-state index contributed by atoms with van der Waals surface area (Å²) in [6.07, 6.45) is 0.314. The van der Waals surface area contributed by atoms with E-state index in [0.29, 0.717) is 25.3 Å². The van der Waals surface area contributed by atoms with E-state index < -0.39 is 0 Å². The summed E-state index contributed by atoms with van der Waals surface area (Å²) in [5.41, 5.74) is 7.32. The minimum Gasteiger partial charge on any atom is -0.489 e. The minimum absolute atomic E-state index is 0. The Bertz CT molecular complexity index is 648. The van der Waals surface area contributed by atoms with Crippen molar-refractivity contribution in [3.05, 3.63) is 65.5 Å².